The molecule has 12 nitrogen and oxygen atoms in total. The SMILES string of the molecule is CCCN(CCC)C(=O)C1=Cc2ccc(-c3cc(S(=O)(=O)N4CC(CO)C4)ccc3CN(C)CCC(C)(C)OCCC(C)C(=O)OC)cc2N=C(N)C1. The number of carbonyl (C=O) groups is 2. The number of carbonyl (C=O) groups excluding carboxylic acids is 2. The molecule has 3 N–H and O–H groups in total. The number of amidine groups is 1. The van der Waals surface area contributed by atoms with E-state index >= 15 is 0 Å². The van der Waals surface area contributed by atoms with Gasteiger partial charge in [0.05, 0.1) is 29.2 Å². The predicted molar refractivity (Wildman–Crippen MR) is 209 cm³/mol. The number of sulfonamides is 1. The molecule has 0 radical (unpaired) electrons. The van der Waals surface area contributed by atoms with Gasteiger partial charge in [-0.15, -0.1) is 0 Å². The molecular weight excluding hydrogens is 695 g/mol. The van der Waals surface area contributed by atoms with E-state index in [1.165, 1.54) is 11.4 Å². The van der Waals surface area contributed by atoms with Gasteiger partial charge >= 0.3 is 5.97 Å². The van der Waals surface area contributed by atoms with E-state index < -0.39 is 15.6 Å². The Kier molecular flexibility index (Phi) is 14.8. The fraction of sp³-hybridized carbons (Fsp3) is 0.575. The third-order valence-corrected chi connectivity index (χ3v) is 11.8. The molecule has 0 spiro atoms. The van der Waals surface area contributed by atoms with Crippen LogP contribution in [0.2, 0.25) is 0 Å². The topological polar surface area (TPSA) is 155 Å². The maximum absolute atomic E-state index is 13.7. The van der Waals surface area contributed by atoms with Gasteiger partial charge in [-0.3, -0.25) is 9.59 Å². The number of hydrogen-bond donors (Lipinski definition) is 2. The van der Waals surface area contributed by atoms with Gasteiger partial charge in [0, 0.05) is 76.0 Å². The molecule has 53 heavy (non-hydrogen) atoms. The van der Waals surface area contributed by atoms with E-state index in [0.717, 1.165) is 41.5 Å². The number of aliphatic imine (C=N–C) groups is 1. The Bertz CT molecular complexity index is 1760. The molecule has 4 rings (SSSR count). The van der Waals surface area contributed by atoms with Crippen molar-refractivity contribution in [3.63, 3.8) is 0 Å². The number of benzene rings is 2. The molecule has 0 aliphatic carbocycles. The maximum Gasteiger partial charge on any atom is 0.308 e. The highest BCUT2D eigenvalue weighted by molar-refractivity contribution is 7.89. The van der Waals surface area contributed by atoms with Gasteiger partial charge in [0.1, 0.15) is 5.84 Å². The molecule has 1 unspecified atom stereocenters. The summed E-state index contributed by atoms with van der Waals surface area (Å²) in [6.45, 7) is 13.5. The summed E-state index contributed by atoms with van der Waals surface area (Å²) in [4.78, 5) is 34.3. The molecule has 2 aliphatic heterocycles. The summed E-state index contributed by atoms with van der Waals surface area (Å²) in [6, 6.07) is 11.0. The van der Waals surface area contributed by atoms with Crippen molar-refractivity contribution in [3.05, 3.63) is 53.1 Å². The summed E-state index contributed by atoms with van der Waals surface area (Å²) in [5, 5.41) is 9.50. The van der Waals surface area contributed by atoms with Gasteiger partial charge in [-0.2, -0.15) is 4.31 Å². The van der Waals surface area contributed by atoms with E-state index in [4.69, 9.17) is 20.2 Å². The Balaban J connectivity index is 1.62. The van der Waals surface area contributed by atoms with Crippen molar-refractivity contribution in [2.45, 2.75) is 83.8 Å². The van der Waals surface area contributed by atoms with Crippen molar-refractivity contribution in [2.24, 2.45) is 22.6 Å². The van der Waals surface area contributed by atoms with Gasteiger partial charge in [-0.05, 0) is 87.5 Å². The molecule has 0 aromatic heterocycles. The monoisotopic (exact) mass is 753 g/mol. The van der Waals surface area contributed by atoms with Gasteiger partial charge in [0.15, 0.2) is 0 Å². The molecule has 1 amide bonds. The number of nitrogens with two attached hydrogens (primary N) is 1. The summed E-state index contributed by atoms with van der Waals surface area (Å²) >= 11 is 0. The zero-order valence-corrected chi connectivity index (χ0v) is 33.4. The number of aliphatic hydroxyl groups excluding tert-OH is 1. The van der Waals surface area contributed by atoms with Gasteiger partial charge < -0.3 is 30.1 Å². The van der Waals surface area contributed by atoms with E-state index in [2.05, 4.69) is 18.7 Å². The highest BCUT2D eigenvalue weighted by Crippen LogP contribution is 2.36. The lowest BCUT2D eigenvalue weighted by Crippen LogP contribution is -2.51. The average molecular weight is 754 g/mol. The van der Waals surface area contributed by atoms with Crippen LogP contribution in [0.25, 0.3) is 17.2 Å². The van der Waals surface area contributed by atoms with E-state index in [1.807, 2.05) is 63.1 Å². The Labute approximate surface area is 316 Å². The first-order chi connectivity index (χ1) is 25.1. The third-order valence-electron chi connectivity index (χ3n) is 9.94. The van der Waals surface area contributed by atoms with Crippen LogP contribution in [-0.4, -0.2) is 111 Å². The minimum atomic E-state index is -3.78. The van der Waals surface area contributed by atoms with Crippen LogP contribution in [0.1, 0.15) is 77.8 Å². The zero-order valence-electron chi connectivity index (χ0n) is 32.6. The number of methoxy groups -OCH3 is 1. The van der Waals surface area contributed by atoms with E-state index in [-0.39, 0.29) is 54.7 Å². The minimum Gasteiger partial charge on any atom is -0.469 e. The van der Waals surface area contributed by atoms with E-state index in [0.29, 0.717) is 56.3 Å². The van der Waals surface area contributed by atoms with Gasteiger partial charge in [-0.25, -0.2) is 13.4 Å². The molecule has 2 aliphatic rings. The van der Waals surface area contributed by atoms with Crippen LogP contribution in [0.4, 0.5) is 5.69 Å². The first kappa shape index (κ1) is 42.1. The quantitative estimate of drug-likeness (QED) is 0.184. The van der Waals surface area contributed by atoms with Crippen LogP contribution >= 0.6 is 0 Å². The first-order valence-electron chi connectivity index (χ1n) is 18.7. The molecule has 2 aromatic carbocycles. The second kappa shape index (κ2) is 18.6. The van der Waals surface area contributed by atoms with Gasteiger partial charge in [0.2, 0.25) is 15.9 Å². The molecule has 13 heteroatoms. The lowest BCUT2D eigenvalue weighted by Gasteiger charge is -2.37. The number of amides is 1. The second-order valence-electron chi connectivity index (χ2n) is 15.0. The van der Waals surface area contributed by atoms with Crippen LogP contribution in [0.5, 0.6) is 0 Å². The molecule has 1 fully saturated rings. The van der Waals surface area contributed by atoms with Crippen molar-refractivity contribution < 1.29 is 32.6 Å². The minimum absolute atomic E-state index is 0.0363. The van der Waals surface area contributed by atoms with Gasteiger partial charge in [0.25, 0.3) is 0 Å². The van der Waals surface area contributed by atoms with Crippen LogP contribution in [0, 0.1) is 11.8 Å². The molecular formula is C40H59N5O7S. The Hall–Kier alpha value is -3.62. The number of aliphatic hydroxyl groups is 1. The summed E-state index contributed by atoms with van der Waals surface area (Å²) in [5.74, 6) is -0.243. The van der Waals surface area contributed by atoms with Crippen LogP contribution in [0.15, 0.2) is 51.9 Å². The fourth-order valence-electron chi connectivity index (χ4n) is 6.59. The number of fused-ring (bicyclic) bond motifs is 1. The van der Waals surface area contributed by atoms with Crippen LogP contribution < -0.4 is 5.73 Å². The molecule has 2 heterocycles. The van der Waals surface area contributed by atoms with Crippen molar-refractivity contribution in [1.29, 1.82) is 0 Å². The van der Waals surface area contributed by atoms with E-state index in [9.17, 15) is 23.1 Å². The highest BCUT2D eigenvalue weighted by atomic mass is 32.2. The molecule has 292 valence electrons. The molecule has 0 saturated carbocycles. The van der Waals surface area contributed by atoms with Crippen LogP contribution in [0.3, 0.4) is 0 Å². The lowest BCUT2D eigenvalue weighted by atomic mass is 9.96. The van der Waals surface area contributed by atoms with Crippen molar-refractivity contribution in [3.8, 4) is 11.1 Å². The summed E-state index contributed by atoms with van der Waals surface area (Å²) < 4.78 is 39.7. The normalized spacial score (nSPS) is 15.9. The number of hydrogen-bond acceptors (Lipinski definition) is 10. The molecule has 1 saturated heterocycles. The second-order valence-corrected chi connectivity index (χ2v) is 17.0. The average Bonchev–Trinajstić information content (AvgIpc) is 3.26. The maximum atomic E-state index is 13.7. The van der Waals surface area contributed by atoms with Crippen molar-refractivity contribution in [1.82, 2.24) is 14.1 Å². The summed E-state index contributed by atoms with van der Waals surface area (Å²) in [6.07, 6.45) is 5.14. The molecule has 0 bridgehead atoms. The number of esters is 1. The fourth-order valence-corrected chi connectivity index (χ4v) is 8.21. The Morgan fingerprint density at radius 3 is 2.43 bits per heavy atom. The van der Waals surface area contributed by atoms with Crippen LogP contribution in [-0.2, 0) is 35.6 Å². The number of ether oxygens (including phenoxy) is 2. The number of rotatable bonds is 19. The molecule has 2 aromatic rings. The molecule has 1 atom stereocenters. The first-order valence-corrected chi connectivity index (χ1v) is 20.2. The van der Waals surface area contributed by atoms with Gasteiger partial charge in [-0.1, -0.05) is 39.0 Å². The number of nitrogens with zero attached hydrogens (tertiary/aromatic N) is 4. The predicted octanol–water partition coefficient (Wildman–Crippen LogP) is 5.21. The third kappa shape index (κ3) is 11.0. The Morgan fingerprint density at radius 1 is 1.09 bits per heavy atom. The standard InChI is InChI=1S/C40H59N5O7S/c1-8-16-44(17-9-2)38(47)33-20-31-11-10-30(21-36(31)42-37(41)22-33)35-23-34(53(49,50)45-24-29(25-45)27-46)13-12-32(35)26-43(6)18-15-40(4,5)52-19-14-28(3)39(48)51-7/h10-13,20-21,23,28-29,46H,8-9,14-19,22,24-27H2,1-7H3,(H2,41,42). The highest BCUT2D eigenvalue weighted by Gasteiger charge is 2.36. The van der Waals surface area contributed by atoms with E-state index in [1.54, 1.807) is 12.1 Å². The smallest absolute Gasteiger partial charge is 0.308 e. The van der Waals surface area contributed by atoms with Crippen molar-refractivity contribution in [2.75, 3.05) is 60.1 Å². The lowest BCUT2D eigenvalue weighted by molar-refractivity contribution is -0.146. The Morgan fingerprint density at radius 2 is 1.79 bits per heavy atom. The summed E-state index contributed by atoms with van der Waals surface area (Å²) in [7, 11) is -0.368. The largest absolute Gasteiger partial charge is 0.469 e. The van der Waals surface area contributed by atoms with Crippen molar-refractivity contribution >= 4 is 39.5 Å². The summed E-state index contributed by atoms with van der Waals surface area (Å²) in [5.41, 5.74) is 10.4. The zero-order chi connectivity index (χ0) is 38.9.